The molecule has 110 valence electrons. The molecule has 0 unspecified atom stereocenters. The zero-order valence-corrected chi connectivity index (χ0v) is 11.6. The van der Waals surface area contributed by atoms with Crippen molar-refractivity contribution < 1.29 is 18.8 Å². The van der Waals surface area contributed by atoms with Gasteiger partial charge in [0.25, 0.3) is 5.91 Å². The molecule has 5 nitrogen and oxygen atoms in total. The third-order valence-electron chi connectivity index (χ3n) is 4.07. The van der Waals surface area contributed by atoms with Crippen molar-refractivity contribution in [3.63, 3.8) is 0 Å². The number of piperidine rings is 1. The van der Waals surface area contributed by atoms with E-state index in [9.17, 15) is 18.8 Å². The second-order valence-electron chi connectivity index (χ2n) is 5.35. The molecule has 0 saturated carbocycles. The maximum atomic E-state index is 13.8. The zero-order chi connectivity index (χ0) is 15.1. The summed E-state index contributed by atoms with van der Waals surface area (Å²) in [7, 11) is 0. The highest BCUT2D eigenvalue weighted by Gasteiger charge is 2.39. The van der Waals surface area contributed by atoms with Gasteiger partial charge in [0.2, 0.25) is 11.8 Å². The largest absolute Gasteiger partial charge is 0.322 e. The van der Waals surface area contributed by atoms with Gasteiger partial charge in [-0.25, -0.2) is 4.39 Å². The van der Waals surface area contributed by atoms with Crippen LogP contribution in [0.1, 0.15) is 41.3 Å². The Hall–Kier alpha value is -2.24. The zero-order valence-electron chi connectivity index (χ0n) is 11.6. The second kappa shape index (κ2) is 4.95. The van der Waals surface area contributed by atoms with Gasteiger partial charge in [0.05, 0.1) is 0 Å². The molecule has 0 aromatic heterocycles. The summed E-state index contributed by atoms with van der Waals surface area (Å²) in [6.07, 6.45) is 1.07. The first-order chi connectivity index (χ1) is 10.0. The van der Waals surface area contributed by atoms with Crippen molar-refractivity contribution in [2.45, 2.75) is 38.8 Å². The number of benzene rings is 1. The minimum absolute atomic E-state index is 0.213. The summed E-state index contributed by atoms with van der Waals surface area (Å²) in [6.45, 7) is 2.13. The number of amides is 3. The number of carbonyl (C=O) groups excluding carboxylic acids is 3. The molecule has 3 amide bonds. The SMILES string of the molecule is CCc1cc2c(cc1F)C(=O)N([C@@H]1CCC(=O)NC1=O)C2. The van der Waals surface area contributed by atoms with E-state index in [2.05, 4.69) is 5.32 Å². The topological polar surface area (TPSA) is 66.5 Å². The summed E-state index contributed by atoms with van der Waals surface area (Å²) in [5.41, 5.74) is 1.61. The fraction of sp³-hybridized carbons (Fsp3) is 0.400. The number of halogens is 1. The molecule has 21 heavy (non-hydrogen) atoms. The fourth-order valence-electron chi connectivity index (χ4n) is 2.91. The van der Waals surface area contributed by atoms with Gasteiger partial charge in [0, 0.05) is 18.5 Å². The average molecular weight is 290 g/mol. The van der Waals surface area contributed by atoms with Crippen LogP contribution in [-0.2, 0) is 22.6 Å². The van der Waals surface area contributed by atoms with E-state index in [0.29, 0.717) is 24.0 Å². The first kappa shape index (κ1) is 13.7. The van der Waals surface area contributed by atoms with Gasteiger partial charge >= 0.3 is 0 Å². The van der Waals surface area contributed by atoms with Crippen LogP contribution < -0.4 is 5.32 Å². The smallest absolute Gasteiger partial charge is 0.255 e. The molecule has 1 N–H and O–H groups in total. The predicted molar refractivity (Wildman–Crippen MR) is 71.8 cm³/mol. The highest BCUT2D eigenvalue weighted by atomic mass is 19.1. The van der Waals surface area contributed by atoms with Crippen LogP contribution in [0.3, 0.4) is 0 Å². The van der Waals surface area contributed by atoms with Gasteiger partial charge in [-0.05, 0) is 30.0 Å². The normalized spacial score (nSPS) is 21.5. The van der Waals surface area contributed by atoms with Crippen LogP contribution in [0.2, 0.25) is 0 Å². The third kappa shape index (κ3) is 2.20. The van der Waals surface area contributed by atoms with Gasteiger partial charge in [-0.3, -0.25) is 19.7 Å². The quantitative estimate of drug-likeness (QED) is 0.831. The van der Waals surface area contributed by atoms with Crippen LogP contribution in [0.25, 0.3) is 0 Å². The molecule has 0 aliphatic carbocycles. The second-order valence-corrected chi connectivity index (χ2v) is 5.35. The number of rotatable bonds is 2. The standard InChI is InChI=1S/C15H15FN2O3/c1-2-8-5-9-7-18(15(21)10(9)6-11(8)16)12-3-4-13(19)17-14(12)20/h5-6,12H,2-4,7H2,1H3,(H,17,19,20)/t12-/m1/s1. The van der Waals surface area contributed by atoms with Gasteiger partial charge in [-0.1, -0.05) is 13.0 Å². The average Bonchev–Trinajstić information content (AvgIpc) is 2.75. The van der Waals surface area contributed by atoms with Crippen LogP contribution in [0, 0.1) is 5.82 Å². The van der Waals surface area contributed by atoms with Crippen molar-refractivity contribution in [2.75, 3.05) is 0 Å². The number of hydrogen-bond donors (Lipinski definition) is 1. The van der Waals surface area contributed by atoms with E-state index in [4.69, 9.17) is 0 Å². The molecular formula is C15H15FN2O3. The van der Waals surface area contributed by atoms with E-state index in [-0.39, 0.29) is 24.8 Å². The number of imide groups is 1. The predicted octanol–water partition coefficient (Wildman–Crippen LogP) is 1.15. The molecule has 1 aromatic carbocycles. The summed E-state index contributed by atoms with van der Waals surface area (Å²) in [6, 6.07) is 2.28. The summed E-state index contributed by atoms with van der Waals surface area (Å²) < 4.78 is 13.8. The Morgan fingerprint density at radius 1 is 1.33 bits per heavy atom. The van der Waals surface area contributed by atoms with Gasteiger partial charge in [0.15, 0.2) is 0 Å². The lowest BCUT2D eigenvalue weighted by Gasteiger charge is -2.29. The van der Waals surface area contributed by atoms with E-state index in [1.165, 1.54) is 11.0 Å². The van der Waals surface area contributed by atoms with Gasteiger partial charge in [-0.2, -0.15) is 0 Å². The van der Waals surface area contributed by atoms with Crippen molar-refractivity contribution in [1.82, 2.24) is 10.2 Å². The Morgan fingerprint density at radius 2 is 2.10 bits per heavy atom. The third-order valence-corrected chi connectivity index (χ3v) is 4.07. The van der Waals surface area contributed by atoms with Gasteiger partial charge in [0.1, 0.15) is 11.9 Å². The molecule has 6 heteroatoms. The number of nitrogens with one attached hydrogen (secondary N) is 1. The van der Waals surface area contributed by atoms with E-state index < -0.39 is 17.8 Å². The van der Waals surface area contributed by atoms with Crippen molar-refractivity contribution in [1.29, 1.82) is 0 Å². The Morgan fingerprint density at radius 3 is 2.76 bits per heavy atom. The summed E-state index contributed by atoms with van der Waals surface area (Å²) >= 11 is 0. The Balaban J connectivity index is 1.90. The minimum Gasteiger partial charge on any atom is -0.322 e. The molecule has 1 saturated heterocycles. The monoisotopic (exact) mass is 290 g/mol. The summed E-state index contributed by atoms with van der Waals surface area (Å²) in [5, 5.41) is 2.24. The van der Waals surface area contributed by atoms with Crippen molar-refractivity contribution in [2.24, 2.45) is 0 Å². The molecule has 3 rings (SSSR count). The molecule has 2 heterocycles. The van der Waals surface area contributed by atoms with E-state index in [1.807, 2.05) is 6.92 Å². The van der Waals surface area contributed by atoms with Gasteiger partial charge in [-0.15, -0.1) is 0 Å². The molecule has 1 aromatic rings. The lowest BCUT2D eigenvalue weighted by atomic mass is 10.0. The molecule has 2 aliphatic heterocycles. The maximum Gasteiger partial charge on any atom is 0.255 e. The minimum atomic E-state index is -0.657. The summed E-state index contributed by atoms with van der Waals surface area (Å²) in [4.78, 5) is 36.8. The number of hydrogen-bond acceptors (Lipinski definition) is 3. The highest BCUT2D eigenvalue weighted by molar-refractivity contribution is 6.05. The summed E-state index contributed by atoms with van der Waals surface area (Å²) in [5.74, 6) is -1.51. The maximum absolute atomic E-state index is 13.8. The number of nitrogens with zero attached hydrogens (tertiary/aromatic N) is 1. The Bertz CT molecular complexity index is 657. The molecule has 2 aliphatic rings. The van der Waals surface area contributed by atoms with Gasteiger partial charge < -0.3 is 4.90 Å². The van der Waals surface area contributed by atoms with Crippen LogP contribution in [-0.4, -0.2) is 28.7 Å². The first-order valence-electron chi connectivity index (χ1n) is 6.97. The van der Waals surface area contributed by atoms with E-state index >= 15 is 0 Å². The number of carbonyl (C=O) groups is 3. The number of aryl methyl sites for hydroxylation is 1. The highest BCUT2D eigenvalue weighted by Crippen LogP contribution is 2.29. The lowest BCUT2D eigenvalue weighted by molar-refractivity contribution is -0.136. The Labute approximate surface area is 121 Å². The Kier molecular flexibility index (Phi) is 3.23. The van der Waals surface area contributed by atoms with E-state index in [0.717, 1.165) is 5.56 Å². The molecule has 0 radical (unpaired) electrons. The molecule has 1 fully saturated rings. The fourth-order valence-corrected chi connectivity index (χ4v) is 2.91. The van der Waals surface area contributed by atoms with Crippen LogP contribution in [0.5, 0.6) is 0 Å². The number of fused-ring (bicyclic) bond motifs is 1. The lowest BCUT2D eigenvalue weighted by Crippen LogP contribution is -2.52. The van der Waals surface area contributed by atoms with Crippen molar-refractivity contribution in [3.8, 4) is 0 Å². The van der Waals surface area contributed by atoms with E-state index in [1.54, 1.807) is 6.07 Å². The molecule has 1 atom stereocenters. The molecule has 0 bridgehead atoms. The first-order valence-corrected chi connectivity index (χ1v) is 6.97. The van der Waals surface area contributed by atoms with Crippen molar-refractivity contribution in [3.05, 3.63) is 34.6 Å². The molecular weight excluding hydrogens is 275 g/mol. The van der Waals surface area contributed by atoms with Crippen LogP contribution in [0.15, 0.2) is 12.1 Å². The van der Waals surface area contributed by atoms with Crippen molar-refractivity contribution >= 4 is 17.7 Å². The molecule has 0 spiro atoms. The van der Waals surface area contributed by atoms with Crippen LogP contribution in [0.4, 0.5) is 4.39 Å². The van der Waals surface area contributed by atoms with Crippen LogP contribution >= 0.6 is 0 Å².